The van der Waals surface area contributed by atoms with Crippen LogP contribution in [0.15, 0.2) is 46.9 Å². The van der Waals surface area contributed by atoms with Crippen LogP contribution in [0.1, 0.15) is 46.1 Å². The summed E-state index contributed by atoms with van der Waals surface area (Å²) in [5.74, 6) is -2.33. The van der Waals surface area contributed by atoms with Crippen molar-refractivity contribution in [2.45, 2.75) is 52.7 Å². The quantitative estimate of drug-likeness (QED) is 0.421. The highest BCUT2D eigenvalue weighted by Crippen LogP contribution is 2.39. The number of carbonyl (C=O) groups excluding carboxylic acids is 2. The van der Waals surface area contributed by atoms with Crippen molar-refractivity contribution in [2.24, 2.45) is 5.73 Å². The molecule has 0 saturated heterocycles. The topological polar surface area (TPSA) is 134 Å². The van der Waals surface area contributed by atoms with Crippen molar-refractivity contribution in [1.29, 1.82) is 0 Å². The summed E-state index contributed by atoms with van der Waals surface area (Å²) in [6.07, 6.45) is -0.825. The lowest BCUT2D eigenvalue weighted by Gasteiger charge is -2.30. The summed E-state index contributed by atoms with van der Waals surface area (Å²) in [5, 5.41) is 14.1. The maximum absolute atomic E-state index is 12.8. The molecule has 1 aliphatic heterocycles. The number of nitrogens with one attached hydrogen (secondary N) is 1. The highest BCUT2D eigenvalue weighted by molar-refractivity contribution is 6.00. The van der Waals surface area contributed by atoms with Crippen LogP contribution in [-0.4, -0.2) is 29.1 Å². The molecule has 29 heavy (non-hydrogen) atoms. The van der Waals surface area contributed by atoms with Crippen LogP contribution in [0.4, 0.5) is 5.69 Å². The summed E-state index contributed by atoms with van der Waals surface area (Å²) in [6.45, 7) is 8.39. The summed E-state index contributed by atoms with van der Waals surface area (Å²) in [7, 11) is 0. The summed E-state index contributed by atoms with van der Waals surface area (Å²) < 4.78 is 10.7. The van der Waals surface area contributed by atoms with Crippen LogP contribution < -0.4 is 11.1 Å². The Morgan fingerprint density at radius 1 is 1.10 bits per heavy atom. The van der Waals surface area contributed by atoms with Gasteiger partial charge in [0, 0.05) is 17.8 Å². The number of hydrogen-bond acceptors (Lipinski definition) is 8. The Kier molecular flexibility index (Phi) is 6.63. The molecule has 1 aromatic rings. The zero-order chi connectivity index (χ0) is 21.9. The fourth-order valence-corrected chi connectivity index (χ4v) is 3.06. The number of esters is 2. The summed E-state index contributed by atoms with van der Waals surface area (Å²) in [6, 6.07) is 5.71. The zero-order valence-electron chi connectivity index (χ0n) is 17.0. The van der Waals surface area contributed by atoms with E-state index in [4.69, 9.17) is 15.2 Å². The van der Waals surface area contributed by atoms with Gasteiger partial charge in [-0.05, 0) is 40.2 Å². The minimum Gasteiger partial charge on any atom is -0.460 e. The van der Waals surface area contributed by atoms with E-state index in [1.165, 1.54) is 18.2 Å². The molecule has 0 saturated carbocycles. The lowest BCUT2D eigenvalue weighted by Crippen LogP contribution is -2.37. The van der Waals surface area contributed by atoms with E-state index in [-0.39, 0.29) is 22.7 Å². The first kappa shape index (κ1) is 21.9. The normalized spacial score (nSPS) is 16.7. The van der Waals surface area contributed by atoms with Gasteiger partial charge in [-0.1, -0.05) is 12.1 Å². The molecule has 1 heterocycles. The van der Waals surface area contributed by atoms with Gasteiger partial charge in [0.25, 0.3) is 5.69 Å². The predicted octanol–water partition coefficient (Wildman–Crippen LogP) is 2.63. The molecule has 1 aromatic carbocycles. The van der Waals surface area contributed by atoms with Crippen LogP contribution in [-0.2, 0) is 19.1 Å². The molecule has 156 valence electrons. The molecular weight excluding hydrogens is 378 g/mol. The number of nitrogens with zero attached hydrogens (tertiary/aromatic N) is 1. The van der Waals surface area contributed by atoms with E-state index < -0.39 is 35.0 Å². The highest BCUT2D eigenvalue weighted by atomic mass is 16.6. The van der Waals surface area contributed by atoms with Crippen LogP contribution in [0.2, 0.25) is 0 Å². The first-order chi connectivity index (χ1) is 13.5. The molecule has 0 amide bonds. The molecule has 0 fully saturated rings. The molecule has 3 N–H and O–H groups in total. The Balaban J connectivity index is 2.68. The number of nitrogens with two attached hydrogens (primary N) is 1. The van der Waals surface area contributed by atoms with Crippen LogP contribution >= 0.6 is 0 Å². The molecular formula is C20H25N3O6. The van der Waals surface area contributed by atoms with Crippen molar-refractivity contribution in [2.75, 3.05) is 0 Å². The van der Waals surface area contributed by atoms with E-state index in [1.807, 2.05) is 0 Å². The van der Waals surface area contributed by atoms with Crippen LogP contribution in [0, 0.1) is 10.1 Å². The van der Waals surface area contributed by atoms with Gasteiger partial charge in [0.05, 0.1) is 34.2 Å². The van der Waals surface area contributed by atoms with Gasteiger partial charge in [0.1, 0.15) is 5.82 Å². The molecule has 9 nitrogen and oxygen atoms in total. The Labute approximate surface area is 168 Å². The monoisotopic (exact) mass is 403 g/mol. The van der Waals surface area contributed by atoms with Crippen molar-refractivity contribution in [3.63, 3.8) is 0 Å². The first-order valence-corrected chi connectivity index (χ1v) is 9.16. The Morgan fingerprint density at radius 2 is 1.66 bits per heavy atom. The fourth-order valence-electron chi connectivity index (χ4n) is 3.06. The number of non-ortho nitro benzene ring substituents is 1. The van der Waals surface area contributed by atoms with Crippen molar-refractivity contribution >= 4 is 17.6 Å². The largest absolute Gasteiger partial charge is 0.460 e. The average Bonchev–Trinajstić information content (AvgIpc) is 2.59. The number of hydrogen-bond donors (Lipinski definition) is 2. The second kappa shape index (κ2) is 8.76. The minimum absolute atomic E-state index is 0.000467. The molecule has 0 spiro atoms. The standard InChI is InChI=1S/C20H25N3O6/c1-10(2)28-19(24)15-12(5)22-18(21)17(20(25)29-11(3)4)16(15)13-7-6-8-14(9-13)23(26)27/h6-11,16,22H,21H2,1-5H3. The number of dihydropyridines is 1. The SMILES string of the molecule is CC1=C(C(=O)OC(C)C)C(c2cccc([N+](=O)[O-])c2)C(C(=O)OC(C)C)=C(N)N1. The number of nitro benzene ring substituents is 1. The number of allylic oxidation sites excluding steroid dienone is 1. The van der Waals surface area contributed by atoms with Gasteiger partial charge in [0.15, 0.2) is 0 Å². The summed E-state index contributed by atoms with van der Waals surface area (Å²) >= 11 is 0. The van der Waals surface area contributed by atoms with Crippen LogP contribution in [0.25, 0.3) is 0 Å². The molecule has 0 radical (unpaired) electrons. The summed E-state index contributed by atoms with van der Waals surface area (Å²) in [5.41, 5.74) is 6.80. The van der Waals surface area contributed by atoms with Gasteiger partial charge in [-0.15, -0.1) is 0 Å². The van der Waals surface area contributed by atoms with Crippen molar-refractivity contribution < 1.29 is 24.0 Å². The highest BCUT2D eigenvalue weighted by Gasteiger charge is 2.39. The van der Waals surface area contributed by atoms with Crippen LogP contribution in [0.5, 0.6) is 0 Å². The van der Waals surface area contributed by atoms with Crippen molar-refractivity contribution in [1.82, 2.24) is 5.32 Å². The lowest BCUT2D eigenvalue weighted by atomic mass is 9.81. The third kappa shape index (κ3) is 4.92. The van der Waals surface area contributed by atoms with E-state index in [0.717, 1.165) is 0 Å². The minimum atomic E-state index is -0.978. The first-order valence-electron chi connectivity index (χ1n) is 9.16. The molecule has 9 heteroatoms. The van der Waals surface area contributed by atoms with E-state index in [2.05, 4.69) is 5.32 Å². The molecule has 2 rings (SSSR count). The Morgan fingerprint density at radius 3 is 2.17 bits per heavy atom. The predicted molar refractivity (Wildman–Crippen MR) is 105 cm³/mol. The number of benzene rings is 1. The van der Waals surface area contributed by atoms with Crippen molar-refractivity contribution in [3.05, 3.63) is 62.6 Å². The maximum atomic E-state index is 12.8. The lowest BCUT2D eigenvalue weighted by molar-refractivity contribution is -0.384. The van der Waals surface area contributed by atoms with E-state index >= 15 is 0 Å². The van der Waals surface area contributed by atoms with Crippen LogP contribution in [0.3, 0.4) is 0 Å². The third-order valence-electron chi connectivity index (χ3n) is 4.13. The molecule has 0 bridgehead atoms. The average molecular weight is 403 g/mol. The van der Waals surface area contributed by atoms with E-state index in [0.29, 0.717) is 11.3 Å². The second-order valence-corrected chi connectivity index (χ2v) is 7.18. The number of ether oxygens (including phenoxy) is 2. The molecule has 1 aliphatic rings. The molecule has 1 atom stereocenters. The smallest absolute Gasteiger partial charge is 0.338 e. The third-order valence-corrected chi connectivity index (χ3v) is 4.13. The number of carbonyl (C=O) groups is 2. The molecule has 0 aliphatic carbocycles. The van der Waals surface area contributed by atoms with Gasteiger partial charge in [-0.25, -0.2) is 9.59 Å². The number of rotatable bonds is 6. The summed E-state index contributed by atoms with van der Waals surface area (Å²) in [4.78, 5) is 36.4. The second-order valence-electron chi connectivity index (χ2n) is 7.18. The molecule has 0 aromatic heterocycles. The number of nitro groups is 1. The zero-order valence-corrected chi connectivity index (χ0v) is 17.0. The van der Waals surface area contributed by atoms with Crippen molar-refractivity contribution in [3.8, 4) is 0 Å². The van der Waals surface area contributed by atoms with Gasteiger partial charge in [-0.2, -0.15) is 0 Å². The maximum Gasteiger partial charge on any atom is 0.338 e. The Bertz CT molecular complexity index is 857. The van der Waals surface area contributed by atoms with E-state index in [1.54, 1.807) is 40.7 Å². The van der Waals surface area contributed by atoms with Gasteiger partial charge in [0.2, 0.25) is 0 Å². The van der Waals surface area contributed by atoms with Gasteiger partial charge < -0.3 is 20.5 Å². The Hall–Kier alpha value is -3.36. The fraction of sp³-hybridized carbons (Fsp3) is 0.400. The van der Waals surface area contributed by atoms with Gasteiger partial charge >= 0.3 is 11.9 Å². The van der Waals surface area contributed by atoms with Gasteiger partial charge in [-0.3, -0.25) is 10.1 Å². The van der Waals surface area contributed by atoms with E-state index in [9.17, 15) is 19.7 Å². The molecule has 1 unspecified atom stereocenters.